The summed E-state index contributed by atoms with van der Waals surface area (Å²) in [5.74, 6) is -0.811. The monoisotopic (exact) mass is 453 g/mol. The number of non-ortho nitro benzene ring substituents is 1. The summed E-state index contributed by atoms with van der Waals surface area (Å²) in [5.41, 5.74) is 8.93. The highest BCUT2D eigenvalue weighted by Crippen LogP contribution is 2.28. The molecule has 0 unspecified atom stereocenters. The van der Waals surface area contributed by atoms with Crippen LogP contribution in [0.4, 0.5) is 11.5 Å². The van der Waals surface area contributed by atoms with Crippen molar-refractivity contribution in [1.82, 2.24) is 30.7 Å². The first-order valence-electron chi connectivity index (χ1n) is 8.82. The van der Waals surface area contributed by atoms with Gasteiger partial charge in [-0.3, -0.25) is 14.9 Å². The first-order valence-corrected chi connectivity index (χ1v) is 9.20. The van der Waals surface area contributed by atoms with Crippen molar-refractivity contribution in [2.24, 2.45) is 5.10 Å². The number of carbonyl (C=O) groups excluding carboxylic acids is 1. The molecule has 0 radical (unpaired) electrons. The Morgan fingerprint density at radius 3 is 2.62 bits per heavy atom. The zero-order chi connectivity index (χ0) is 22.7. The Balaban J connectivity index is 1.71. The molecule has 0 aliphatic carbocycles. The number of anilines is 1. The van der Waals surface area contributed by atoms with Gasteiger partial charge in [0.15, 0.2) is 5.69 Å². The maximum atomic E-state index is 12.8. The number of amides is 1. The number of hydrazone groups is 1. The van der Waals surface area contributed by atoms with Crippen LogP contribution < -0.4 is 11.2 Å². The SMILES string of the molecule is Nc1nonc1-n1nnc(C(=O)NN=Cc2ccccc2Cl)c1-c1ccc([N+](=O)[O-])cc1. The quantitative estimate of drug-likeness (QED) is 0.251. The number of halogens is 1. The maximum absolute atomic E-state index is 12.8. The molecule has 2 heterocycles. The van der Waals surface area contributed by atoms with Gasteiger partial charge >= 0.3 is 0 Å². The molecule has 32 heavy (non-hydrogen) atoms. The molecule has 13 nitrogen and oxygen atoms in total. The normalized spacial score (nSPS) is 11.0. The van der Waals surface area contributed by atoms with E-state index in [4.69, 9.17) is 17.3 Å². The van der Waals surface area contributed by atoms with Gasteiger partial charge in [0.2, 0.25) is 11.6 Å². The highest BCUT2D eigenvalue weighted by molar-refractivity contribution is 6.33. The van der Waals surface area contributed by atoms with Crippen molar-refractivity contribution in [2.45, 2.75) is 0 Å². The Hall–Kier alpha value is -4.65. The lowest BCUT2D eigenvalue weighted by molar-refractivity contribution is -0.384. The molecule has 2 aromatic carbocycles. The molecule has 0 aliphatic rings. The third kappa shape index (κ3) is 3.99. The highest BCUT2D eigenvalue weighted by atomic mass is 35.5. The van der Waals surface area contributed by atoms with Gasteiger partial charge < -0.3 is 5.73 Å². The molecule has 3 N–H and O–H groups in total. The zero-order valence-electron chi connectivity index (χ0n) is 15.9. The molecule has 0 bridgehead atoms. The van der Waals surface area contributed by atoms with Gasteiger partial charge in [0, 0.05) is 28.3 Å². The number of rotatable bonds is 6. The van der Waals surface area contributed by atoms with Crippen molar-refractivity contribution < 1.29 is 14.3 Å². The number of carbonyl (C=O) groups is 1. The van der Waals surface area contributed by atoms with Crippen LogP contribution in [0.3, 0.4) is 0 Å². The summed E-state index contributed by atoms with van der Waals surface area (Å²) in [5, 5.41) is 30.3. The molecule has 4 rings (SSSR count). The summed E-state index contributed by atoms with van der Waals surface area (Å²) in [4.78, 5) is 23.2. The van der Waals surface area contributed by atoms with Gasteiger partial charge in [0.1, 0.15) is 5.69 Å². The highest BCUT2D eigenvalue weighted by Gasteiger charge is 2.25. The minimum absolute atomic E-state index is 0.00975. The standard InChI is InChI=1S/C18H12ClN9O4/c19-13-4-2-1-3-11(13)9-21-23-18(29)14-15(10-5-7-12(8-6-10)28(30)31)27(26-22-14)17-16(20)24-32-25-17/h1-9H,(H2,20,24)(H,23,29). The average molecular weight is 454 g/mol. The van der Waals surface area contributed by atoms with E-state index in [0.29, 0.717) is 16.1 Å². The Bertz CT molecular complexity index is 1330. The van der Waals surface area contributed by atoms with Crippen LogP contribution in [0.1, 0.15) is 16.1 Å². The molecular weight excluding hydrogens is 442 g/mol. The minimum atomic E-state index is -0.706. The predicted molar refractivity (Wildman–Crippen MR) is 112 cm³/mol. The number of nitrogens with zero attached hydrogens (tertiary/aromatic N) is 7. The van der Waals surface area contributed by atoms with Crippen LogP contribution in [0.15, 0.2) is 58.3 Å². The lowest BCUT2D eigenvalue weighted by Crippen LogP contribution is -2.19. The van der Waals surface area contributed by atoms with E-state index in [0.717, 1.165) is 4.68 Å². The van der Waals surface area contributed by atoms with Gasteiger partial charge in [-0.25, -0.2) is 10.1 Å². The zero-order valence-corrected chi connectivity index (χ0v) is 16.7. The number of nitro groups is 1. The number of benzene rings is 2. The second kappa shape index (κ2) is 8.61. The second-order valence-corrected chi connectivity index (χ2v) is 6.60. The number of hydrogen-bond donors (Lipinski definition) is 2. The number of hydrogen-bond acceptors (Lipinski definition) is 10. The minimum Gasteiger partial charge on any atom is -0.378 e. The lowest BCUT2D eigenvalue weighted by Gasteiger charge is -2.05. The van der Waals surface area contributed by atoms with Crippen LogP contribution in [0.2, 0.25) is 5.02 Å². The first kappa shape index (κ1) is 20.6. The molecular formula is C18H12ClN9O4. The summed E-state index contributed by atoms with van der Waals surface area (Å²) < 4.78 is 5.74. The summed E-state index contributed by atoms with van der Waals surface area (Å²) in [7, 11) is 0. The van der Waals surface area contributed by atoms with E-state index in [2.05, 4.69) is 35.8 Å². The smallest absolute Gasteiger partial charge is 0.294 e. The number of nitrogens with two attached hydrogens (primary N) is 1. The number of nitrogens with one attached hydrogen (secondary N) is 1. The molecule has 4 aromatic rings. The molecule has 14 heteroatoms. The average Bonchev–Trinajstić information content (AvgIpc) is 3.41. The summed E-state index contributed by atoms with van der Waals surface area (Å²) in [6.45, 7) is 0. The predicted octanol–water partition coefficient (Wildman–Crippen LogP) is 2.23. The molecule has 0 atom stereocenters. The van der Waals surface area contributed by atoms with Crippen molar-refractivity contribution in [3.05, 3.63) is 74.9 Å². The molecule has 0 fully saturated rings. The van der Waals surface area contributed by atoms with Gasteiger partial charge in [-0.2, -0.15) is 9.78 Å². The first-order chi connectivity index (χ1) is 15.5. The van der Waals surface area contributed by atoms with Crippen LogP contribution in [-0.2, 0) is 0 Å². The summed E-state index contributed by atoms with van der Waals surface area (Å²) >= 11 is 6.06. The second-order valence-electron chi connectivity index (χ2n) is 6.20. The van der Waals surface area contributed by atoms with Crippen LogP contribution >= 0.6 is 11.6 Å². The van der Waals surface area contributed by atoms with Gasteiger partial charge in [0.05, 0.1) is 11.1 Å². The topological polar surface area (TPSA) is 180 Å². The summed E-state index contributed by atoms with van der Waals surface area (Å²) in [6, 6.07) is 12.3. The molecule has 0 saturated carbocycles. The van der Waals surface area contributed by atoms with Gasteiger partial charge in [-0.1, -0.05) is 35.0 Å². The fraction of sp³-hybridized carbons (Fsp3) is 0. The number of aromatic nitrogens is 5. The van der Waals surface area contributed by atoms with E-state index in [1.54, 1.807) is 24.3 Å². The van der Waals surface area contributed by atoms with Crippen molar-refractivity contribution in [2.75, 3.05) is 5.73 Å². The van der Waals surface area contributed by atoms with Crippen molar-refractivity contribution in [1.29, 1.82) is 0 Å². The summed E-state index contributed by atoms with van der Waals surface area (Å²) in [6.07, 6.45) is 1.37. The van der Waals surface area contributed by atoms with Crippen LogP contribution in [0.5, 0.6) is 0 Å². The molecule has 0 spiro atoms. The Morgan fingerprint density at radius 1 is 1.22 bits per heavy atom. The van der Waals surface area contributed by atoms with Crippen molar-refractivity contribution in [3.63, 3.8) is 0 Å². The van der Waals surface area contributed by atoms with Gasteiger partial charge in [-0.15, -0.1) is 5.10 Å². The molecule has 160 valence electrons. The van der Waals surface area contributed by atoms with Crippen molar-refractivity contribution in [3.8, 4) is 17.1 Å². The third-order valence-corrected chi connectivity index (χ3v) is 4.55. The molecule has 1 amide bonds. The van der Waals surface area contributed by atoms with Crippen molar-refractivity contribution >= 4 is 35.2 Å². The van der Waals surface area contributed by atoms with E-state index in [1.165, 1.54) is 30.5 Å². The third-order valence-electron chi connectivity index (χ3n) is 4.21. The van der Waals surface area contributed by atoms with E-state index < -0.39 is 10.8 Å². The van der Waals surface area contributed by atoms with Gasteiger partial charge in [-0.05, 0) is 28.5 Å². The van der Waals surface area contributed by atoms with E-state index in [1.807, 2.05) is 0 Å². The molecule has 2 aromatic heterocycles. The van der Waals surface area contributed by atoms with Gasteiger partial charge in [0.25, 0.3) is 11.6 Å². The van der Waals surface area contributed by atoms with E-state index in [-0.39, 0.29) is 28.7 Å². The molecule has 0 aliphatic heterocycles. The Kier molecular flexibility index (Phi) is 5.55. The maximum Gasteiger partial charge on any atom is 0.294 e. The fourth-order valence-electron chi connectivity index (χ4n) is 2.71. The van der Waals surface area contributed by atoms with E-state index in [9.17, 15) is 14.9 Å². The van der Waals surface area contributed by atoms with Crippen LogP contribution in [-0.4, -0.2) is 42.4 Å². The fourth-order valence-corrected chi connectivity index (χ4v) is 2.90. The van der Waals surface area contributed by atoms with E-state index >= 15 is 0 Å². The number of nitro benzene ring substituents is 1. The van der Waals surface area contributed by atoms with Crippen LogP contribution in [0, 0.1) is 10.1 Å². The van der Waals surface area contributed by atoms with Crippen LogP contribution in [0.25, 0.3) is 17.1 Å². The Labute approximate surface area is 183 Å². The lowest BCUT2D eigenvalue weighted by atomic mass is 10.1. The largest absolute Gasteiger partial charge is 0.378 e. The number of nitrogen functional groups attached to an aromatic ring is 1. The molecule has 0 saturated heterocycles. The Morgan fingerprint density at radius 2 is 1.97 bits per heavy atom.